The molecule has 0 rings (SSSR count). The molecule has 8 nitrogen and oxygen atoms in total. The van der Waals surface area contributed by atoms with Crippen molar-refractivity contribution in [1.29, 1.82) is 0 Å². The predicted molar refractivity (Wildman–Crippen MR) is 205 cm³/mol. The molecule has 0 fully saturated rings. The number of ether oxygens (including phenoxy) is 2. The average Bonchev–Trinajstić information content (AvgIpc) is 3.04. The molecule has 0 radical (unpaired) electrons. The number of phosphoric acid groups is 1. The Morgan fingerprint density at radius 3 is 1.65 bits per heavy atom. The molecule has 0 heterocycles. The van der Waals surface area contributed by atoms with Crippen molar-refractivity contribution in [2.24, 2.45) is 0 Å². The van der Waals surface area contributed by atoms with Gasteiger partial charge in [-0.1, -0.05) is 139 Å². The standard InChI is InChI=1S/C40H72NO7P/c1-6-8-10-12-14-16-18-19-20-21-22-24-26-28-30-32-35-45-37-39(38-47-49(43,44)46-36-34-41(3,4)5)48-40(42)33-31-29-27-25-23-17-15-13-11-9-7-2/h8,10,14,16,19-20,22,24,28,30,39H,6-7,9,11-13,15,17-18,21,23,25-27,29,31-38H2,1-5H3/p+1/b10-8-,16-14-,20-19-,24-22-,30-28-. The van der Waals surface area contributed by atoms with Gasteiger partial charge in [0.2, 0.25) is 0 Å². The van der Waals surface area contributed by atoms with E-state index in [0.717, 1.165) is 51.4 Å². The van der Waals surface area contributed by atoms with Crippen molar-refractivity contribution in [3.8, 4) is 0 Å². The summed E-state index contributed by atoms with van der Waals surface area (Å²) in [5.74, 6) is -0.343. The summed E-state index contributed by atoms with van der Waals surface area (Å²) in [5, 5.41) is 0. The van der Waals surface area contributed by atoms with Crippen molar-refractivity contribution in [3.63, 3.8) is 0 Å². The van der Waals surface area contributed by atoms with E-state index in [2.05, 4.69) is 74.6 Å². The molecule has 0 saturated heterocycles. The number of rotatable bonds is 34. The van der Waals surface area contributed by atoms with E-state index in [4.69, 9.17) is 18.5 Å². The van der Waals surface area contributed by atoms with E-state index in [1.165, 1.54) is 51.4 Å². The molecule has 0 aliphatic heterocycles. The summed E-state index contributed by atoms with van der Waals surface area (Å²) in [5.41, 5.74) is 0. The van der Waals surface area contributed by atoms with Crippen LogP contribution in [0.4, 0.5) is 0 Å². The summed E-state index contributed by atoms with van der Waals surface area (Å²) in [6.45, 7) is 5.25. The normalized spacial score (nSPS) is 14.7. The second-order valence-corrected chi connectivity index (χ2v) is 15.0. The predicted octanol–water partition coefficient (Wildman–Crippen LogP) is 10.6. The Balaban J connectivity index is 4.44. The summed E-state index contributed by atoms with van der Waals surface area (Å²) in [6.07, 6.45) is 39.9. The number of hydrogen-bond acceptors (Lipinski definition) is 6. The fourth-order valence-corrected chi connectivity index (χ4v) is 5.42. The summed E-state index contributed by atoms with van der Waals surface area (Å²) in [7, 11) is 1.61. The van der Waals surface area contributed by atoms with Crippen molar-refractivity contribution < 1.29 is 37.3 Å². The molecule has 0 saturated carbocycles. The van der Waals surface area contributed by atoms with Gasteiger partial charge >= 0.3 is 13.8 Å². The van der Waals surface area contributed by atoms with E-state index in [9.17, 15) is 14.3 Å². The van der Waals surface area contributed by atoms with E-state index in [1.54, 1.807) is 0 Å². The van der Waals surface area contributed by atoms with Crippen molar-refractivity contribution >= 4 is 13.8 Å². The smallest absolute Gasteiger partial charge is 0.457 e. The topological polar surface area (TPSA) is 91.3 Å². The number of phosphoric ester groups is 1. The van der Waals surface area contributed by atoms with E-state index in [1.807, 2.05) is 21.1 Å². The van der Waals surface area contributed by atoms with Gasteiger partial charge in [-0.15, -0.1) is 0 Å². The van der Waals surface area contributed by atoms with Gasteiger partial charge < -0.3 is 18.9 Å². The zero-order valence-corrected chi connectivity index (χ0v) is 32.8. The minimum atomic E-state index is -4.29. The Hall–Kier alpha value is -1.80. The van der Waals surface area contributed by atoms with Crippen molar-refractivity contribution in [1.82, 2.24) is 0 Å². The molecule has 2 atom stereocenters. The van der Waals surface area contributed by atoms with E-state index < -0.39 is 13.9 Å². The van der Waals surface area contributed by atoms with Crippen LogP contribution in [-0.4, -0.2) is 75.6 Å². The number of carbonyl (C=O) groups is 1. The number of quaternary nitrogens is 1. The minimum absolute atomic E-state index is 0.0737. The summed E-state index contributed by atoms with van der Waals surface area (Å²) < 4.78 is 34.7. The lowest BCUT2D eigenvalue weighted by Gasteiger charge is -2.24. The highest BCUT2D eigenvalue weighted by molar-refractivity contribution is 7.47. The molecule has 0 aliphatic rings. The first kappa shape index (κ1) is 47.2. The van der Waals surface area contributed by atoms with Crippen molar-refractivity contribution in [3.05, 3.63) is 60.8 Å². The van der Waals surface area contributed by atoms with Crippen LogP contribution in [0.5, 0.6) is 0 Å². The largest absolute Gasteiger partial charge is 0.472 e. The molecule has 0 spiro atoms. The number of nitrogens with zero attached hydrogens (tertiary/aromatic N) is 1. The van der Waals surface area contributed by atoms with Gasteiger partial charge in [-0.25, -0.2) is 4.57 Å². The number of hydrogen-bond donors (Lipinski definition) is 1. The molecule has 284 valence electrons. The van der Waals surface area contributed by atoms with Crippen LogP contribution in [0.2, 0.25) is 0 Å². The van der Waals surface area contributed by atoms with E-state index in [-0.39, 0.29) is 25.8 Å². The van der Waals surface area contributed by atoms with Crippen LogP contribution in [0.3, 0.4) is 0 Å². The Bertz CT molecular complexity index is 968. The summed E-state index contributed by atoms with van der Waals surface area (Å²) >= 11 is 0. The second-order valence-electron chi connectivity index (χ2n) is 13.6. The molecule has 0 aromatic carbocycles. The maximum absolute atomic E-state index is 12.6. The second kappa shape index (κ2) is 33.3. The van der Waals surface area contributed by atoms with Crippen LogP contribution in [0.25, 0.3) is 0 Å². The SMILES string of the molecule is CC/C=C\C/C=C\C/C=C\C/C=C\C/C=C\CCOCC(COP(=O)(O)OCC[N+](C)(C)C)OC(=O)CCCCCCCCCCCCC. The maximum Gasteiger partial charge on any atom is 0.472 e. The highest BCUT2D eigenvalue weighted by Crippen LogP contribution is 2.43. The van der Waals surface area contributed by atoms with Gasteiger partial charge in [-0.2, -0.15) is 0 Å². The monoisotopic (exact) mass is 711 g/mol. The number of unbranched alkanes of at least 4 members (excludes halogenated alkanes) is 10. The van der Waals surface area contributed by atoms with Gasteiger partial charge in [-0.3, -0.25) is 13.8 Å². The third-order valence-electron chi connectivity index (χ3n) is 7.61. The third kappa shape index (κ3) is 37.3. The molecule has 0 amide bonds. The molecule has 49 heavy (non-hydrogen) atoms. The quantitative estimate of drug-likeness (QED) is 0.0234. The Morgan fingerprint density at radius 2 is 1.14 bits per heavy atom. The van der Waals surface area contributed by atoms with Gasteiger partial charge in [-0.05, 0) is 44.9 Å². The van der Waals surface area contributed by atoms with Gasteiger partial charge in [0.05, 0.1) is 41.0 Å². The van der Waals surface area contributed by atoms with Crippen LogP contribution >= 0.6 is 7.82 Å². The lowest BCUT2D eigenvalue weighted by atomic mass is 10.1. The lowest BCUT2D eigenvalue weighted by molar-refractivity contribution is -0.870. The summed E-state index contributed by atoms with van der Waals surface area (Å²) in [6, 6.07) is 0. The number of likely N-dealkylation sites (N-methyl/N-ethyl adjacent to an activating group) is 1. The van der Waals surface area contributed by atoms with Crippen LogP contribution in [-0.2, 0) is 27.9 Å². The van der Waals surface area contributed by atoms with Gasteiger partial charge in [0.25, 0.3) is 0 Å². The van der Waals surface area contributed by atoms with Gasteiger partial charge in [0.1, 0.15) is 19.3 Å². The van der Waals surface area contributed by atoms with Crippen molar-refractivity contribution in [2.75, 3.05) is 54.1 Å². The first-order valence-corrected chi connectivity index (χ1v) is 20.5. The zero-order chi connectivity index (χ0) is 36.3. The lowest BCUT2D eigenvalue weighted by Crippen LogP contribution is -2.37. The Labute approximate surface area is 300 Å². The highest BCUT2D eigenvalue weighted by atomic mass is 31.2. The van der Waals surface area contributed by atoms with Crippen LogP contribution in [0, 0.1) is 0 Å². The minimum Gasteiger partial charge on any atom is -0.457 e. The number of carbonyl (C=O) groups excluding carboxylic acids is 1. The van der Waals surface area contributed by atoms with E-state index in [0.29, 0.717) is 30.5 Å². The van der Waals surface area contributed by atoms with Crippen LogP contribution < -0.4 is 0 Å². The maximum atomic E-state index is 12.6. The van der Waals surface area contributed by atoms with Crippen LogP contribution in [0.15, 0.2) is 60.8 Å². The molecular formula is C40H73NO7P+. The fraction of sp³-hybridized carbons (Fsp3) is 0.725. The van der Waals surface area contributed by atoms with E-state index >= 15 is 0 Å². The Morgan fingerprint density at radius 1 is 0.653 bits per heavy atom. The molecular weight excluding hydrogens is 637 g/mol. The van der Waals surface area contributed by atoms with Crippen molar-refractivity contribution in [2.45, 2.75) is 136 Å². The molecule has 0 aromatic heterocycles. The van der Waals surface area contributed by atoms with Gasteiger partial charge in [0.15, 0.2) is 0 Å². The zero-order valence-electron chi connectivity index (χ0n) is 31.9. The molecule has 0 bridgehead atoms. The third-order valence-corrected chi connectivity index (χ3v) is 8.60. The molecule has 2 unspecified atom stereocenters. The molecule has 0 aromatic rings. The highest BCUT2D eigenvalue weighted by Gasteiger charge is 2.26. The number of allylic oxidation sites excluding steroid dienone is 9. The van der Waals surface area contributed by atoms with Crippen LogP contribution in [0.1, 0.15) is 129 Å². The molecule has 1 N–H and O–H groups in total. The molecule has 9 heteroatoms. The van der Waals surface area contributed by atoms with Gasteiger partial charge in [0, 0.05) is 6.42 Å². The first-order valence-electron chi connectivity index (χ1n) is 19.0. The average molecular weight is 711 g/mol. The summed E-state index contributed by atoms with van der Waals surface area (Å²) in [4.78, 5) is 22.7. The Kier molecular flexibility index (Phi) is 32.1. The first-order chi connectivity index (χ1) is 23.6. The molecule has 0 aliphatic carbocycles. The number of esters is 1. The fourth-order valence-electron chi connectivity index (χ4n) is 4.67.